The van der Waals surface area contributed by atoms with Crippen LogP contribution >= 0.6 is 31.9 Å². The second-order valence-electron chi connectivity index (χ2n) is 4.24. The quantitative estimate of drug-likeness (QED) is 0.267. The van der Waals surface area contributed by atoms with Crippen molar-refractivity contribution < 1.29 is 18.9 Å². The van der Waals surface area contributed by atoms with Gasteiger partial charge in [-0.2, -0.15) is 0 Å². The van der Waals surface area contributed by atoms with E-state index in [4.69, 9.17) is 18.9 Å². The van der Waals surface area contributed by atoms with E-state index < -0.39 is 0 Å². The van der Waals surface area contributed by atoms with Gasteiger partial charge in [-0.3, -0.25) is 0 Å². The highest BCUT2D eigenvalue weighted by molar-refractivity contribution is 9.09. The Bertz CT molecular complexity index is 155. The average Bonchev–Trinajstić information content (AvgIpc) is 2.47. The zero-order chi connectivity index (χ0) is 14.7. The summed E-state index contributed by atoms with van der Waals surface area (Å²) in [5.74, 6) is 0. The van der Waals surface area contributed by atoms with Crippen LogP contribution in [0.15, 0.2) is 0 Å². The number of ether oxygens (including phenoxy) is 4. The first-order valence-corrected chi connectivity index (χ1v) is 9.59. The zero-order valence-corrected chi connectivity index (χ0v) is 15.5. The smallest absolute Gasteiger partial charge is 0.0701 e. The molecule has 0 aromatic carbocycles. The SMILES string of the molecule is BrCCCCOCCOCCOCCOCCCCBr. The molecule has 0 rings (SSSR count). The largest absolute Gasteiger partial charge is 0.379 e. The Morgan fingerprint density at radius 3 is 1.00 bits per heavy atom. The molecular weight excluding hydrogens is 392 g/mol. The molecule has 4 nitrogen and oxygen atoms in total. The lowest BCUT2D eigenvalue weighted by atomic mass is 10.4. The van der Waals surface area contributed by atoms with Gasteiger partial charge in [0.25, 0.3) is 0 Å². The molecular formula is C14H28Br2O4. The molecule has 0 atom stereocenters. The Kier molecular flexibility index (Phi) is 20.6. The van der Waals surface area contributed by atoms with Gasteiger partial charge in [-0.1, -0.05) is 31.9 Å². The molecule has 0 saturated carbocycles. The van der Waals surface area contributed by atoms with Crippen molar-refractivity contribution in [1.82, 2.24) is 0 Å². The summed E-state index contributed by atoms with van der Waals surface area (Å²) in [6.07, 6.45) is 4.52. The molecule has 6 heteroatoms. The fourth-order valence-corrected chi connectivity index (χ4v) is 2.15. The van der Waals surface area contributed by atoms with Gasteiger partial charge < -0.3 is 18.9 Å². The van der Waals surface area contributed by atoms with Gasteiger partial charge in [0, 0.05) is 23.9 Å². The number of hydrogen-bond acceptors (Lipinski definition) is 4. The van der Waals surface area contributed by atoms with Crippen molar-refractivity contribution in [3.8, 4) is 0 Å². The van der Waals surface area contributed by atoms with Crippen LogP contribution in [0.5, 0.6) is 0 Å². The van der Waals surface area contributed by atoms with Crippen molar-refractivity contribution in [2.75, 3.05) is 63.5 Å². The molecule has 0 fully saturated rings. The Labute approximate surface area is 140 Å². The maximum atomic E-state index is 5.42. The summed E-state index contributed by atoms with van der Waals surface area (Å²) < 4.78 is 21.6. The first-order valence-electron chi connectivity index (χ1n) is 7.34. The molecule has 0 bridgehead atoms. The number of unbranched alkanes of at least 4 members (excludes halogenated alkanes) is 2. The Balaban J connectivity index is 2.89. The van der Waals surface area contributed by atoms with Crippen LogP contribution in [0.2, 0.25) is 0 Å². The van der Waals surface area contributed by atoms with Crippen LogP contribution in [-0.4, -0.2) is 63.5 Å². The summed E-state index contributed by atoms with van der Waals surface area (Å²) in [5.41, 5.74) is 0. The van der Waals surface area contributed by atoms with Crippen molar-refractivity contribution in [3.05, 3.63) is 0 Å². The third-order valence-corrected chi connectivity index (χ3v) is 3.58. The lowest BCUT2D eigenvalue weighted by Crippen LogP contribution is -2.12. The highest BCUT2D eigenvalue weighted by Gasteiger charge is 1.93. The number of halogens is 2. The molecule has 122 valence electrons. The second-order valence-corrected chi connectivity index (χ2v) is 5.83. The predicted molar refractivity (Wildman–Crippen MR) is 89.3 cm³/mol. The van der Waals surface area contributed by atoms with Gasteiger partial charge in [-0.05, 0) is 25.7 Å². The minimum Gasteiger partial charge on any atom is -0.379 e. The summed E-state index contributed by atoms with van der Waals surface area (Å²) >= 11 is 6.78. The van der Waals surface area contributed by atoms with Crippen LogP contribution in [0.3, 0.4) is 0 Å². The summed E-state index contributed by atoms with van der Waals surface area (Å²) in [4.78, 5) is 0. The Morgan fingerprint density at radius 1 is 0.400 bits per heavy atom. The van der Waals surface area contributed by atoms with Crippen molar-refractivity contribution in [1.29, 1.82) is 0 Å². The molecule has 0 heterocycles. The van der Waals surface area contributed by atoms with E-state index in [0.29, 0.717) is 39.6 Å². The highest BCUT2D eigenvalue weighted by Crippen LogP contribution is 1.95. The highest BCUT2D eigenvalue weighted by atomic mass is 79.9. The topological polar surface area (TPSA) is 36.9 Å². The molecule has 0 aromatic heterocycles. The summed E-state index contributed by atoms with van der Waals surface area (Å²) in [5, 5.41) is 2.09. The standard InChI is InChI=1S/C14H28Br2O4/c15-5-1-3-7-17-9-11-19-13-14-20-12-10-18-8-4-2-6-16/h1-14H2. The molecule has 0 aromatic rings. The van der Waals surface area contributed by atoms with E-state index in [9.17, 15) is 0 Å². The Morgan fingerprint density at radius 2 is 0.700 bits per heavy atom. The molecule has 0 aliphatic heterocycles. The molecule has 0 amide bonds. The predicted octanol–water partition coefficient (Wildman–Crippen LogP) is 3.40. The van der Waals surface area contributed by atoms with E-state index in [0.717, 1.165) is 49.6 Å². The molecule has 0 aliphatic rings. The van der Waals surface area contributed by atoms with Gasteiger partial charge in [0.2, 0.25) is 0 Å². The monoisotopic (exact) mass is 418 g/mol. The van der Waals surface area contributed by atoms with Gasteiger partial charge in [-0.25, -0.2) is 0 Å². The molecule has 0 spiro atoms. The number of rotatable bonds is 17. The van der Waals surface area contributed by atoms with E-state index in [-0.39, 0.29) is 0 Å². The molecule has 0 N–H and O–H groups in total. The number of alkyl halides is 2. The van der Waals surface area contributed by atoms with Crippen molar-refractivity contribution in [3.63, 3.8) is 0 Å². The van der Waals surface area contributed by atoms with Crippen LogP contribution < -0.4 is 0 Å². The van der Waals surface area contributed by atoms with Crippen LogP contribution in [0, 0.1) is 0 Å². The third kappa shape index (κ3) is 18.8. The number of hydrogen-bond donors (Lipinski definition) is 0. The van der Waals surface area contributed by atoms with E-state index >= 15 is 0 Å². The molecule has 0 aliphatic carbocycles. The molecule has 0 saturated heterocycles. The van der Waals surface area contributed by atoms with Gasteiger partial charge >= 0.3 is 0 Å². The van der Waals surface area contributed by atoms with Gasteiger partial charge in [0.15, 0.2) is 0 Å². The average molecular weight is 420 g/mol. The summed E-state index contributed by atoms with van der Waals surface area (Å²) in [6, 6.07) is 0. The van der Waals surface area contributed by atoms with E-state index in [1.54, 1.807) is 0 Å². The van der Waals surface area contributed by atoms with E-state index in [1.165, 1.54) is 0 Å². The van der Waals surface area contributed by atoms with Crippen LogP contribution in [-0.2, 0) is 18.9 Å². The molecule has 0 unspecified atom stereocenters. The maximum absolute atomic E-state index is 5.42. The van der Waals surface area contributed by atoms with Crippen molar-refractivity contribution in [2.24, 2.45) is 0 Å². The van der Waals surface area contributed by atoms with Crippen molar-refractivity contribution in [2.45, 2.75) is 25.7 Å². The van der Waals surface area contributed by atoms with Gasteiger partial charge in [-0.15, -0.1) is 0 Å². The third-order valence-electron chi connectivity index (χ3n) is 2.46. The van der Waals surface area contributed by atoms with Gasteiger partial charge in [0.1, 0.15) is 0 Å². The van der Waals surface area contributed by atoms with Crippen LogP contribution in [0.1, 0.15) is 25.7 Å². The second kappa shape index (κ2) is 19.8. The minimum absolute atomic E-state index is 0.619. The normalized spacial score (nSPS) is 11.1. The minimum atomic E-state index is 0.619. The molecule has 20 heavy (non-hydrogen) atoms. The maximum Gasteiger partial charge on any atom is 0.0701 e. The molecule has 0 radical (unpaired) electrons. The van der Waals surface area contributed by atoms with Crippen LogP contribution in [0.25, 0.3) is 0 Å². The van der Waals surface area contributed by atoms with Crippen LogP contribution in [0.4, 0.5) is 0 Å². The van der Waals surface area contributed by atoms with E-state index in [2.05, 4.69) is 31.9 Å². The fourth-order valence-electron chi connectivity index (χ4n) is 1.36. The first-order chi connectivity index (χ1) is 9.91. The summed E-state index contributed by atoms with van der Waals surface area (Å²) in [7, 11) is 0. The van der Waals surface area contributed by atoms with E-state index in [1.807, 2.05) is 0 Å². The first kappa shape index (κ1) is 20.8. The Hall–Kier alpha value is 0.800. The zero-order valence-electron chi connectivity index (χ0n) is 12.3. The van der Waals surface area contributed by atoms with Crippen molar-refractivity contribution >= 4 is 31.9 Å². The summed E-state index contributed by atoms with van der Waals surface area (Å²) in [6.45, 7) is 5.48. The fraction of sp³-hybridized carbons (Fsp3) is 1.00. The lowest BCUT2D eigenvalue weighted by molar-refractivity contribution is -0.00223. The lowest BCUT2D eigenvalue weighted by Gasteiger charge is -2.07. The van der Waals surface area contributed by atoms with Gasteiger partial charge in [0.05, 0.1) is 39.6 Å².